The topological polar surface area (TPSA) is 71.1 Å². The van der Waals surface area contributed by atoms with Crippen LogP contribution in [0.1, 0.15) is 59.3 Å². The fraction of sp³-hybridized carbons (Fsp3) is 0.350. The Morgan fingerprint density at radius 3 is 2.11 bits per heavy atom. The molecule has 1 aromatic heterocycles. The fourth-order valence-corrected chi connectivity index (χ4v) is 2.33. The van der Waals surface area contributed by atoms with Gasteiger partial charge in [0.15, 0.2) is 0 Å². The minimum Gasteiger partial charge on any atom is -0.347 e. The number of carbonyl (C=O) groups is 2. The van der Waals surface area contributed by atoms with Gasteiger partial charge in [-0.15, -0.1) is 0 Å². The smallest absolute Gasteiger partial charge is 0.347 e. The Hall–Kier alpha value is -2.90. The summed E-state index contributed by atoms with van der Waals surface area (Å²) in [5, 5.41) is 5.50. The third-order valence-corrected chi connectivity index (χ3v) is 4.36. The first-order valence-electron chi connectivity index (χ1n) is 8.72. The highest BCUT2D eigenvalue weighted by molar-refractivity contribution is 6.05. The number of anilines is 1. The molecule has 0 unspecified atom stereocenters. The predicted molar refractivity (Wildman–Crippen MR) is 100 cm³/mol. The number of pyridine rings is 1. The van der Waals surface area contributed by atoms with Crippen molar-refractivity contribution in [1.82, 2.24) is 10.3 Å². The molecule has 2 aromatic rings. The largest absolute Gasteiger partial charge is 0.433 e. The van der Waals surface area contributed by atoms with E-state index < -0.39 is 17.8 Å². The summed E-state index contributed by atoms with van der Waals surface area (Å²) in [5.41, 5.74) is -0.518. The van der Waals surface area contributed by atoms with E-state index in [0.29, 0.717) is 11.3 Å². The number of aromatic nitrogens is 1. The van der Waals surface area contributed by atoms with E-state index in [1.165, 1.54) is 6.92 Å². The lowest BCUT2D eigenvalue weighted by Crippen LogP contribution is -2.42. The number of rotatable bonds is 5. The third-order valence-electron chi connectivity index (χ3n) is 4.36. The summed E-state index contributed by atoms with van der Waals surface area (Å²) < 4.78 is 38.0. The molecular formula is C20H22F3N3O2. The second-order valence-corrected chi connectivity index (χ2v) is 7.05. The van der Waals surface area contributed by atoms with Gasteiger partial charge in [-0.1, -0.05) is 6.92 Å². The van der Waals surface area contributed by atoms with Crippen LogP contribution in [0.2, 0.25) is 0 Å². The molecule has 0 saturated heterocycles. The van der Waals surface area contributed by atoms with Gasteiger partial charge >= 0.3 is 6.18 Å². The van der Waals surface area contributed by atoms with Gasteiger partial charge in [0.05, 0.1) is 11.3 Å². The van der Waals surface area contributed by atoms with Crippen LogP contribution in [-0.2, 0) is 6.18 Å². The molecule has 1 heterocycles. The van der Waals surface area contributed by atoms with Crippen LogP contribution in [0.3, 0.4) is 0 Å². The van der Waals surface area contributed by atoms with Crippen LogP contribution in [0.25, 0.3) is 0 Å². The van der Waals surface area contributed by atoms with Crippen molar-refractivity contribution in [2.24, 2.45) is 0 Å². The average Bonchev–Trinajstić information content (AvgIpc) is 2.61. The van der Waals surface area contributed by atoms with E-state index in [2.05, 4.69) is 15.6 Å². The Morgan fingerprint density at radius 2 is 1.61 bits per heavy atom. The number of alkyl halides is 3. The van der Waals surface area contributed by atoms with Crippen LogP contribution >= 0.6 is 0 Å². The van der Waals surface area contributed by atoms with Gasteiger partial charge in [0.1, 0.15) is 5.69 Å². The molecule has 0 aliphatic carbocycles. The zero-order valence-electron chi connectivity index (χ0n) is 16.1. The normalized spacial score (nSPS) is 11.8. The predicted octanol–water partition coefficient (Wildman–Crippen LogP) is 4.58. The Morgan fingerprint density at radius 1 is 1.00 bits per heavy atom. The Bertz CT molecular complexity index is 875. The molecule has 0 aliphatic rings. The molecule has 5 nitrogen and oxygen atoms in total. The van der Waals surface area contributed by atoms with Crippen LogP contribution in [0, 0.1) is 6.92 Å². The van der Waals surface area contributed by atoms with Gasteiger partial charge in [-0.25, -0.2) is 4.98 Å². The molecule has 1 aromatic carbocycles. The first-order valence-corrected chi connectivity index (χ1v) is 8.72. The summed E-state index contributed by atoms with van der Waals surface area (Å²) in [6.45, 7) is 7.14. The maximum Gasteiger partial charge on any atom is 0.433 e. The van der Waals surface area contributed by atoms with Gasteiger partial charge in [0, 0.05) is 16.8 Å². The highest BCUT2D eigenvalue weighted by Crippen LogP contribution is 2.28. The molecule has 0 atom stereocenters. The number of nitrogens with one attached hydrogen (secondary N) is 2. The fourth-order valence-electron chi connectivity index (χ4n) is 2.33. The van der Waals surface area contributed by atoms with Gasteiger partial charge in [0.25, 0.3) is 11.8 Å². The monoisotopic (exact) mass is 393 g/mol. The van der Waals surface area contributed by atoms with Crippen LogP contribution < -0.4 is 10.6 Å². The lowest BCUT2D eigenvalue weighted by molar-refractivity contribution is -0.141. The maximum atomic E-state index is 12.7. The number of amides is 2. The number of halogens is 3. The highest BCUT2D eigenvalue weighted by Gasteiger charge is 2.33. The minimum atomic E-state index is -4.57. The first kappa shape index (κ1) is 21.4. The second kappa shape index (κ2) is 8.00. The summed E-state index contributed by atoms with van der Waals surface area (Å²) in [6.07, 6.45) is -3.80. The zero-order valence-corrected chi connectivity index (χ0v) is 16.1. The molecule has 0 saturated carbocycles. The molecule has 0 fully saturated rings. The van der Waals surface area contributed by atoms with E-state index in [1.807, 2.05) is 20.8 Å². The van der Waals surface area contributed by atoms with Crippen LogP contribution in [-0.4, -0.2) is 22.3 Å². The molecule has 0 radical (unpaired) electrons. The Kier molecular flexibility index (Phi) is 6.11. The number of benzene rings is 1. The summed E-state index contributed by atoms with van der Waals surface area (Å²) in [7, 11) is 0. The van der Waals surface area contributed by atoms with E-state index in [1.54, 1.807) is 24.3 Å². The summed E-state index contributed by atoms with van der Waals surface area (Å²) in [5.74, 6) is -0.810. The summed E-state index contributed by atoms with van der Waals surface area (Å²) in [6, 6.07) is 8.10. The molecule has 0 spiro atoms. The molecule has 0 aliphatic heterocycles. The van der Waals surface area contributed by atoms with Gasteiger partial charge in [-0.3, -0.25) is 9.59 Å². The molecular weight excluding hydrogens is 371 g/mol. The Labute approximate surface area is 161 Å². The molecule has 0 bridgehead atoms. The Balaban J connectivity index is 2.10. The van der Waals surface area contributed by atoms with Crippen molar-refractivity contribution >= 4 is 17.5 Å². The van der Waals surface area contributed by atoms with Crippen molar-refractivity contribution in [3.8, 4) is 0 Å². The maximum absolute atomic E-state index is 12.7. The lowest BCUT2D eigenvalue weighted by atomic mass is 10.0. The molecule has 150 valence electrons. The second-order valence-electron chi connectivity index (χ2n) is 7.05. The van der Waals surface area contributed by atoms with Gasteiger partial charge in [0.2, 0.25) is 0 Å². The first-order chi connectivity index (χ1) is 12.9. The van der Waals surface area contributed by atoms with Crippen LogP contribution in [0.5, 0.6) is 0 Å². The number of nitrogens with zero attached hydrogens (tertiary/aromatic N) is 1. The quantitative estimate of drug-likeness (QED) is 0.781. The van der Waals surface area contributed by atoms with E-state index in [-0.39, 0.29) is 22.7 Å². The lowest BCUT2D eigenvalue weighted by Gasteiger charge is -2.24. The standard InChI is InChI=1S/C20H22F3N3O2/c1-5-19(3,4)26-17(27)13-6-8-14(9-7-13)25-18(28)15-10-11-16(20(21,22)23)24-12(15)2/h6-11H,5H2,1-4H3,(H,25,28)(H,26,27). The van der Waals surface area contributed by atoms with Gasteiger partial charge < -0.3 is 10.6 Å². The number of hydrogen-bond donors (Lipinski definition) is 2. The number of carbonyl (C=O) groups excluding carboxylic acids is 2. The summed E-state index contributed by atoms with van der Waals surface area (Å²) >= 11 is 0. The van der Waals surface area contributed by atoms with E-state index in [0.717, 1.165) is 18.6 Å². The van der Waals surface area contributed by atoms with E-state index >= 15 is 0 Å². The zero-order chi connectivity index (χ0) is 21.1. The molecule has 8 heteroatoms. The molecule has 2 N–H and O–H groups in total. The summed E-state index contributed by atoms with van der Waals surface area (Å²) in [4.78, 5) is 28.0. The van der Waals surface area contributed by atoms with Crippen LogP contribution in [0.15, 0.2) is 36.4 Å². The van der Waals surface area contributed by atoms with Crippen molar-refractivity contribution < 1.29 is 22.8 Å². The van der Waals surface area contributed by atoms with Crippen LogP contribution in [0.4, 0.5) is 18.9 Å². The van der Waals surface area contributed by atoms with Crippen molar-refractivity contribution in [3.05, 3.63) is 58.9 Å². The van der Waals surface area contributed by atoms with Gasteiger partial charge in [-0.2, -0.15) is 13.2 Å². The van der Waals surface area contributed by atoms with E-state index in [4.69, 9.17) is 0 Å². The minimum absolute atomic E-state index is 0.0230. The average molecular weight is 393 g/mol. The SMILES string of the molecule is CCC(C)(C)NC(=O)c1ccc(NC(=O)c2ccc(C(F)(F)F)nc2C)cc1. The van der Waals surface area contributed by atoms with E-state index in [9.17, 15) is 22.8 Å². The number of aryl methyl sites for hydroxylation is 1. The van der Waals surface area contributed by atoms with Gasteiger partial charge in [-0.05, 0) is 63.6 Å². The highest BCUT2D eigenvalue weighted by atomic mass is 19.4. The molecule has 2 amide bonds. The molecule has 2 rings (SSSR count). The van der Waals surface area contributed by atoms with Crippen molar-refractivity contribution in [3.63, 3.8) is 0 Å². The van der Waals surface area contributed by atoms with Crippen molar-refractivity contribution in [1.29, 1.82) is 0 Å². The van der Waals surface area contributed by atoms with Crippen molar-refractivity contribution in [2.75, 3.05) is 5.32 Å². The number of hydrogen-bond acceptors (Lipinski definition) is 3. The molecule has 28 heavy (non-hydrogen) atoms. The third kappa shape index (κ3) is 5.31. The van der Waals surface area contributed by atoms with Crippen molar-refractivity contribution in [2.45, 2.75) is 45.8 Å².